The van der Waals surface area contributed by atoms with Crippen LogP contribution in [0.25, 0.3) is 11.3 Å². The Hall–Kier alpha value is -2.74. The molecule has 2 unspecified atom stereocenters. The molecule has 28 heavy (non-hydrogen) atoms. The summed E-state index contributed by atoms with van der Waals surface area (Å²) >= 11 is 1.31. The Morgan fingerprint density at radius 3 is 2.86 bits per heavy atom. The van der Waals surface area contributed by atoms with E-state index in [0.29, 0.717) is 11.6 Å². The molecule has 1 aliphatic carbocycles. The van der Waals surface area contributed by atoms with E-state index in [0.717, 1.165) is 35.4 Å². The number of urea groups is 1. The summed E-state index contributed by atoms with van der Waals surface area (Å²) in [6.07, 6.45) is 3.48. The van der Waals surface area contributed by atoms with E-state index in [4.69, 9.17) is 0 Å². The van der Waals surface area contributed by atoms with E-state index < -0.39 is 17.5 Å². The lowest BCUT2D eigenvalue weighted by Crippen LogP contribution is -2.54. The van der Waals surface area contributed by atoms with Gasteiger partial charge in [0.25, 0.3) is 5.91 Å². The van der Waals surface area contributed by atoms with Gasteiger partial charge in [0.05, 0.1) is 5.69 Å². The van der Waals surface area contributed by atoms with Gasteiger partial charge in [-0.1, -0.05) is 50.1 Å². The number of rotatable bonds is 4. The molecular weight excluding hydrogens is 376 g/mol. The second-order valence-electron chi connectivity index (χ2n) is 7.39. The third-order valence-corrected chi connectivity index (χ3v) is 6.38. The van der Waals surface area contributed by atoms with Crippen molar-refractivity contribution >= 4 is 34.3 Å². The normalized spacial score (nSPS) is 24.5. The van der Waals surface area contributed by atoms with Crippen LogP contribution in [-0.2, 0) is 9.59 Å². The van der Waals surface area contributed by atoms with Gasteiger partial charge in [-0.15, -0.1) is 11.3 Å². The molecule has 1 spiro atoms. The summed E-state index contributed by atoms with van der Waals surface area (Å²) in [4.78, 5) is 43.2. The molecule has 7 nitrogen and oxygen atoms in total. The van der Waals surface area contributed by atoms with Crippen LogP contribution in [0.5, 0.6) is 0 Å². The molecule has 4 rings (SSSR count). The van der Waals surface area contributed by atoms with Crippen LogP contribution < -0.4 is 10.6 Å². The molecule has 2 fully saturated rings. The number of nitrogens with zero attached hydrogens (tertiary/aromatic N) is 2. The maximum absolute atomic E-state index is 12.9. The van der Waals surface area contributed by atoms with Crippen molar-refractivity contribution in [3.05, 3.63) is 35.7 Å². The number of imide groups is 1. The van der Waals surface area contributed by atoms with Crippen molar-refractivity contribution < 1.29 is 14.4 Å². The maximum Gasteiger partial charge on any atom is 0.325 e. The van der Waals surface area contributed by atoms with Crippen LogP contribution in [0, 0.1) is 5.92 Å². The summed E-state index contributed by atoms with van der Waals surface area (Å²) in [5.74, 6) is -0.653. The molecule has 146 valence electrons. The maximum atomic E-state index is 12.9. The summed E-state index contributed by atoms with van der Waals surface area (Å²) < 4.78 is 0. The highest BCUT2D eigenvalue weighted by Gasteiger charge is 2.55. The summed E-state index contributed by atoms with van der Waals surface area (Å²) in [5.41, 5.74) is 0.879. The number of hydrogen-bond acceptors (Lipinski definition) is 5. The van der Waals surface area contributed by atoms with Gasteiger partial charge >= 0.3 is 6.03 Å². The molecule has 1 aromatic heterocycles. The molecular formula is C20H22N4O3S. The Morgan fingerprint density at radius 2 is 2.11 bits per heavy atom. The van der Waals surface area contributed by atoms with Crippen LogP contribution in [0.2, 0.25) is 0 Å². The van der Waals surface area contributed by atoms with Gasteiger partial charge in [0.2, 0.25) is 5.91 Å². The quantitative estimate of drug-likeness (QED) is 0.774. The number of aromatic nitrogens is 1. The van der Waals surface area contributed by atoms with Gasteiger partial charge in [-0.25, -0.2) is 9.78 Å². The summed E-state index contributed by atoms with van der Waals surface area (Å²) in [6.45, 7) is 1.68. The molecule has 4 amide bonds. The molecule has 0 radical (unpaired) electrons. The first-order valence-electron chi connectivity index (χ1n) is 9.44. The Balaban J connectivity index is 1.42. The van der Waals surface area contributed by atoms with Crippen LogP contribution >= 0.6 is 11.3 Å². The Morgan fingerprint density at radius 1 is 1.32 bits per heavy atom. The molecule has 2 aromatic rings. The third-order valence-electron chi connectivity index (χ3n) is 5.62. The van der Waals surface area contributed by atoms with Gasteiger partial charge in [-0.3, -0.25) is 14.5 Å². The Labute approximate surface area is 167 Å². The molecule has 8 heteroatoms. The number of amides is 4. The zero-order chi connectivity index (χ0) is 19.7. The van der Waals surface area contributed by atoms with Crippen molar-refractivity contribution in [3.63, 3.8) is 0 Å². The lowest BCUT2D eigenvalue weighted by atomic mass is 9.73. The first-order valence-corrected chi connectivity index (χ1v) is 10.3. The topological polar surface area (TPSA) is 91.4 Å². The van der Waals surface area contributed by atoms with Crippen LogP contribution in [-0.4, -0.2) is 39.8 Å². The minimum absolute atomic E-state index is 0.0677. The molecule has 1 aromatic carbocycles. The largest absolute Gasteiger partial charge is 0.325 e. The van der Waals surface area contributed by atoms with Crippen molar-refractivity contribution in [2.24, 2.45) is 5.92 Å². The number of anilines is 1. The van der Waals surface area contributed by atoms with Crippen molar-refractivity contribution in [1.29, 1.82) is 0 Å². The zero-order valence-corrected chi connectivity index (χ0v) is 16.4. The van der Waals surface area contributed by atoms with Gasteiger partial charge in [-0.2, -0.15) is 0 Å². The second-order valence-corrected chi connectivity index (χ2v) is 8.25. The number of hydrogen-bond donors (Lipinski definition) is 2. The SMILES string of the molecule is CC1CCCCC12NC(=O)N(CC(=O)Nc1nc(-c3ccccc3)cs1)C2=O. The van der Waals surface area contributed by atoms with Crippen molar-refractivity contribution in [2.75, 3.05) is 11.9 Å². The summed E-state index contributed by atoms with van der Waals surface area (Å²) in [5, 5.41) is 7.86. The van der Waals surface area contributed by atoms with Gasteiger partial charge < -0.3 is 10.6 Å². The minimum Gasteiger partial charge on any atom is -0.323 e. The van der Waals surface area contributed by atoms with E-state index >= 15 is 0 Å². The van der Waals surface area contributed by atoms with Crippen molar-refractivity contribution in [3.8, 4) is 11.3 Å². The van der Waals surface area contributed by atoms with Crippen molar-refractivity contribution in [1.82, 2.24) is 15.2 Å². The molecule has 2 aliphatic rings. The molecule has 2 heterocycles. The summed E-state index contributed by atoms with van der Waals surface area (Å²) in [6, 6.07) is 9.17. The number of carbonyl (C=O) groups is 3. The van der Waals surface area contributed by atoms with E-state index in [1.54, 1.807) is 0 Å². The fourth-order valence-electron chi connectivity index (χ4n) is 4.01. The second kappa shape index (κ2) is 7.35. The zero-order valence-electron chi connectivity index (χ0n) is 15.6. The highest BCUT2D eigenvalue weighted by Crippen LogP contribution is 2.38. The molecule has 2 N–H and O–H groups in total. The Bertz CT molecular complexity index is 913. The third kappa shape index (κ3) is 3.28. The highest BCUT2D eigenvalue weighted by molar-refractivity contribution is 7.14. The fourth-order valence-corrected chi connectivity index (χ4v) is 4.75. The van der Waals surface area contributed by atoms with E-state index in [2.05, 4.69) is 15.6 Å². The van der Waals surface area contributed by atoms with Crippen LogP contribution in [0.1, 0.15) is 32.6 Å². The average molecular weight is 398 g/mol. The molecule has 1 saturated carbocycles. The first-order chi connectivity index (χ1) is 13.5. The van der Waals surface area contributed by atoms with E-state index in [-0.39, 0.29) is 18.4 Å². The smallest absolute Gasteiger partial charge is 0.323 e. The number of benzene rings is 1. The van der Waals surface area contributed by atoms with E-state index in [9.17, 15) is 14.4 Å². The lowest BCUT2D eigenvalue weighted by Gasteiger charge is -2.36. The molecule has 2 atom stereocenters. The van der Waals surface area contributed by atoms with Gasteiger partial charge in [0.15, 0.2) is 5.13 Å². The van der Waals surface area contributed by atoms with Gasteiger partial charge in [-0.05, 0) is 18.8 Å². The Kier molecular flexibility index (Phi) is 4.89. The molecule has 0 bridgehead atoms. The van der Waals surface area contributed by atoms with Gasteiger partial charge in [0.1, 0.15) is 12.1 Å². The predicted molar refractivity (Wildman–Crippen MR) is 107 cm³/mol. The van der Waals surface area contributed by atoms with Crippen LogP contribution in [0.3, 0.4) is 0 Å². The molecule has 1 aliphatic heterocycles. The predicted octanol–water partition coefficient (Wildman–Crippen LogP) is 3.25. The van der Waals surface area contributed by atoms with E-state index in [1.807, 2.05) is 42.6 Å². The first kappa shape index (κ1) is 18.6. The molecule has 1 saturated heterocycles. The number of nitrogens with one attached hydrogen (secondary N) is 2. The number of carbonyl (C=O) groups excluding carboxylic acids is 3. The minimum atomic E-state index is -0.850. The highest BCUT2D eigenvalue weighted by atomic mass is 32.1. The van der Waals surface area contributed by atoms with Crippen LogP contribution in [0.15, 0.2) is 35.7 Å². The standard InChI is InChI=1S/C20H22N4O3S/c1-13-7-5-6-10-20(13)17(26)24(19(27)23-20)11-16(25)22-18-21-15(12-28-18)14-8-3-2-4-9-14/h2-4,8-9,12-13H,5-7,10-11H2,1H3,(H,23,27)(H,21,22,25). The van der Waals surface area contributed by atoms with Crippen molar-refractivity contribution in [2.45, 2.75) is 38.1 Å². The average Bonchev–Trinajstić information content (AvgIpc) is 3.24. The van der Waals surface area contributed by atoms with Gasteiger partial charge in [0, 0.05) is 10.9 Å². The number of thiazole rings is 1. The van der Waals surface area contributed by atoms with Crippen LogP contribution in [0.4, 0.5) is 9.93 Å². The fraction of sp³-hybridized carbons (Fsp3) is 0.400. The lowest BCUT2D eigenvalue weighted by molar-refractivity contribution is -0.136. The van der Waals surface area contributed by atoms with E-state index in [1.165, 1.54) is 11.3 Å². The summed E-state index contributed by atoms with van der Waals surface area (Å²) in [7, 11) is 0. The monoisotopic (exact) mass is 398 g/mol.